The normalized spacial score (nSPS) is 17.7. The molecular weight excluding hydrogens is 442 g/mol. The molecule has 0 spiro atoms. The van der Waals surface area contributed by atoms with Gasteiger partial charge in [0.25, 0.3) is 17.7 Å². The summed E-state index contributed by atoms with van der Waals surface area (Å²) in [5.41, 5.74) is 1.07. The van der Waals surface area contributed by atoms with Crippen LogP contribution in [0.25, 0.3) is 0 Å². The number of benzene rings is 2. The molecule has 2 heterocycles. The van der Waals surface area contributed by atoms with Gasteiger partial charge in [0, 0.05) is 29.7 Å². The van der Waals surface area contributed by atoms with Crippen molar-refractivity contribution in [3.05, 3.63) is 64.2 Å². The quantitative estimate of drug-likeness (QED) is 0.703. The summed E-state index contributed by atoms with van der Waals surface area (Å²) < 4.78 is 24.6. The van der Waals surface area contributed by atoms with Crippen LogP contribution in [0.1, 0.15) is 43.9 Å². The van der Waals surface area contributed by atoms with Gasteiger partial charge in [0.15, 0.2) is 0 Å². The molecule has 0 atom stereocenters. The number of amides is 3. The second-order valence-electron chi connectivity index (χ2n) is 7.59. The van der Waals surface area contributed by atoms with Gasteiger partial charge in [-0.05, 0) is 55.3 Å². The molecule has 0 radical (unpaired) electrons. The lowest BCUT2D eigenvalue weighted by atomic mass is 10.0. The molecule has 2 aromatic carbocycles. The number of nitrogens with zero attached hydrogens (tertiary/aromatic N) is 2. The number of imide groups is 1. The number of hydrogen-bond acceptors (Lipinski definition) is 5. The van der Waals surface area contributed by atoms with E-state index in [-0.39, 0.29) is 28.6 Å². The van der Waals surface area contributed by atoms with E-state index in [1.165, 1.54) is 28.8 Å². The number of rotatable bonds is 4. The van der Waals surface area contributed by atoms with Crippen LogP contribution in [-0.4, -0.2) is 55.8 Å². The summed E-state index contributed by atoms with van der Waals surface area (Å²) in [6.07, 6.45) is 2.18. The minimum atomic E-state index is -3.24. The predicted molar refractivity (Wildman–Crippen MR) is 116 cm³/mol. The van der Waals surface area contributed by atoms with Crippen molar-refractivity contribution in [3.8, 4) is 0 Å². The van der Waals surface area contributed by atoms with Crippen molar-refractivity contribution in [2.24, 2.45) is 0 Å². The molecular formula is C21H20ClN3O5S. The molecule has 2 aliphatic heterocycles. The van der Waals surface area contributed by atoms with Gasteiger partial charge >= 0.3 is 0 Å². The third-order valence-corrected chi connectivity index (χ3v) is 7.05. The number of anilines is 1. The van der Waals surface area contributed by atoms with E-state index >= 15 is 0 Å². The SMILES string of the molecule is CS(=O)(=O)N1CCC(NC(=O)c2ccc3c(c2)C(=O)N(c2ccc(Cl)cc2)C3=O)CC1. The Hall–Kier alpha value is -2.75. The van der Waals surface area contributed by atoms with Crippen molar-refractivity contribution in [2.75, 3.05) is 24.2 Å². The molecule has 0 saturated carbocycles. The third-order valence-electron chi connectivity index (χ3n) is 5.49. The minimum absolute atomic E-state index is 0.165. The standard InChI is InChI=1S/C21H20ClN3O5S/c1-31(29,30)24-10-8-15(9-11-24)23-19(26)13-2-7-17-18(12-13)21(28)25(20(17)27)16-5-3-14(22)4-6-16/h2-7,12,15H,8-11H2,1H3,(H,23,26). The van der Waals surface area contributed by atoms with Crippen LogP contribution in [0.2, 0.25) is 5.02 Å². The highest BCUT2D eigenvalue weighted by Crippen LogP contribution is 2.30. The highest BCUT2D eigenvalue weighted by Gasteiger charge is 2.37. The molecule has 2 aromatic rings. The van der Waals surface area contributed by atoms with E-state index in [1.54, 1.807) is 24.3 Å². The zero-order valence-electron chi connectivity index (χ0n) is 16.7. The van der Waals surface area contributed by atoms with Gasteiger partial charge < -0.3 is 5.32 Å². The predicted octanol–water partition coefficient (Wildman–Crippen LogP) is 2.29. The lowest BCUT2D eigenvalue weighted by Crippen LogP contribution is -2.46. The van der Waals surface area contributed by atoms with Crippen molar-refractivity contribution in [2.45, 2.75) is 18.9 Å². The number of carbonyl (C=O) groups is 3. The molecule has 31 heavy (non-hydrogen) atoms. The molecule has 3 amide bonds. The highest BCUT2D eigenvalue weighted by atomic mass is 35.5. The average molecular weight is 462 g/mol. The molecule has 0 bridgehead atoms. The van der Waals surface area contributed by atoms with Crippen LogP contribution < -0.4 is 10.2 Å². The molecule has 8 nitrogen and oxygen atoms in total. The Morgan fingerprint density at radius 2 is 1.61 bits per heavy atom. The van der Waals surface area contributed by atoms with Crippen molar-refractivity contribution >= 4 is 45.0 Å². The van der Waals surface area contributed by atoms with Gasteiger partial charge in [0.05, 0.1) is 23.1 Å². The molecule has 0 aromatic heterocycles. The first-order valence-corrected chi connectivity index (χ1v) is 11.9. The van der Waals surface area contributed by atoms with Crippen molar-refractivity contribution in [1.29, 1.82) is 0 Å². The fourth-order valence-corrected chi connectivity index (χ4v) is 4.81. The first kappa shape index (κ1) is 21.5. The fraction of sp³-hybridized carbons (Fsp3) is 0.286. The minimum Gasteiger partial charge on any atom is -0.349 e. The van der Waals surface area contributed by atoms with Crippen LogP contribution in [0.15, 0.2) is 42.5 Å². The number of nitrogens with one attached hydrogen (secondary N) is 1. The molecule has 10 heteroatoms. The summed E-state index contributed by atoms with van der Waals surface area (Å²) in [6, 6.07) is 10.6. The summed E-state index contributed by atoms with van der Waals surface area (Å²) in [6.45, 7) is 0.689. The summed E-state index contributed by atoms with van der Waals surface area (Å²) >= 11 is 5.88. The zero-order chi connectivity index (χ0) is 22.3. The summed E-state index contributed by atoms with van der Waals surface area (Å²) in [7, 11) is -3.24. The van der Waals surface area contributed by atoms with Crippen LogP contribution in [0.3, 0.4) is 0 Å². The van der Waals surface area contributed by atoms with Gasteiger partial charge in [0.2, 0.25) is 10.0 Å². The summed E-state index contributed by atoms with van der Waals surface area (Å²) in [5.74, 6) is -1.33. The van der Waals surface area contributed by atoms with Crippen LogP contribution in [-0.2, 0) is 10.0 Å². The Balaban J connectivity index is 1.48. The number of carbonyl (C=O) groups excluding carboxylic acids is 3. The molecule has 162 valence electrons. The van der Waals surface area contributed by atoms with Gasteiger partial charge in [-0.15, -0.1) is 0 Å². The van der Waals surface area contributed by atoms with E-state index < -0.39 is 21.8 Å². The molecule has 4 rings (SSSR count). The van der Waals surface area contributed by atoms with Crippen LogP contribution in [0.4, 0.5) is 5.69 Å². The van der Waals surface area contributed by atoms with E-state index in [1.807, 2.05) is 0 Å². The number of sulfonamides is 1. The summed E-state index contributed by atoms with van der Waals surface area (Å²) in [5, 5.41) is 3.38. The van der Waals surface area contributed by atoms with E-state index in [0.717, 1.165) is 4.90 Å². The maximum Gasteiger partial charge on any atom is 0.266 e. The van der Waals surface area contributed by atoms with Crippen molar-refractivity contribution in [1.82, 2.24) is 9.62 Å². The number of piperidine rings is 1. The second kappa shape index (κ2) is 8.07. The first-order chi connectivity index (χ1) is 14.6. The average Bonchev–Trinajstić information content (AvgIpc) is 2.98. The molecule has 2 aliphatic rings. The van der Waals surface area contributed by atoms with E-state index in [4.69, 9.17) is 11.6 Å². The second-order valence-corrected chi connectivity index (χ2v) is 10.0. The topological polar surface area (TPSA) is 104 Å². The smallest absolute Gasteiger partial charge is 0.266 e. The third kappa shape index (κ3) is 4.21. The monoisotopic (exact) mass is 461 g/mol. The largest absolute Gasteiger partial charge is 0.349 e. The fourth-order valence-electron chi connectivity index (χ4n) is 3.81. The maximum absolute atomic E-state index is 12.9. The maximum atomic E-state index is 12.9. The van der Waals surface area contributed by atoms with Gasteiger partial charge in [-0.3, -0.25) is 14.4 Å². The first-order valence-electron chi connectivity index (χ1n) is 9.69. The Bertz CT molecular complexity index is 1170. The van der Waals surface area contributed by atoms with Gasteiger partial charge in [-0.1, -0.05) is 11.6 Å². The molecule has 0 unspecified atom stereocenters. The lowest BCUT2D eigenvalue weighted by Gasteiger charge is -2.30. The van der Waals surface area contributed by atoms with Crippen LogP contribution >= 0.6 is 11.6 Å². The van der Waals surface area contributed by atoms with E-state index in [0.29, 0.717) is 36.6 Å². The van der Waals surface area contributed by atoms with Crippen molar-refractivity contribution < 1.29 is 22.8 Å². The number of hydrogen-bond donors (Lipinski definition) is 1. The van der Waals surface area contributed by atoms with Gasteiger partial charge in [0.1, 0.15) is 0 Å². The zero-order valence-corrected chi connectivity index (χ0v) is 18.2. The molecule has 0 aliphatic carbocycles. The van der Waals surface area contributed by atoms with E-state index in [2.05, 4.69) is 5.32 Å². The Morgan fingerprint density at radius 3 is 2.23 bits per heavy atom. The van der Waals surface area contributed by atoms with Crippen LogP contribution in [0, 0.1) is 0 Å². The molecule has 1 saturated heterocycles. The number of fused-ring (bicyclic) bond motifs is 1. The number of halogens is 1. The highest BCUT2D eigenvalue weighted by molar-refractivity contribution is 7.88. The lowest BCUT2D eigenvalue weighted by molar-refractivity contribution is 0.0915. The van der Waals surface area contributed by atoms with Crippen molar-refractivity contribution in [3.63, 3.8) is 0 Å². The van der Waals surface area contributed by atoms with Crippen LogP contribution in [0.5, 0.6) is 0 Å². The molecule has 1 N–H and O–H groups in total. The Morgan fingerprint density at radius 1 is 1.00 bits per heavy atom. The van der Waals surface area contributed by atoms with Gasteiger partial charge in [-0.25, -0.2) is 17.6 Å². The van der Waals surface area contributed by atoms with Gasteiger partial charge in [-0.2, -0.15) is 0 Å². The van der Waals surface area contributed by atoms with E-state index in [9.17, 15) is 22.8 Å². The summed E-state index contributed by atoms with van der Waals surface area (Å²) in [4.78, 5) is 39.3. The Kier molecular flexibility index (Phi) is 5.59. The Labute approximate surface area is 184 Å². The molecule has 1 fully saturated rings.